The van der Waals surface area contributed by atoms with Crippen molar-refractivity contribution in [2.75, 3.05) is 9.80 Å². The van der Waals surface area contributed by atoms with Crippen LogP contribution in [0.25, 0.3) is 10.1 Å². The molecule has 0 N–H and O–H groups in total. The quantitative estimate of drug-likeness (QED) is 0.160. The molecule has 5 aromatic carbocycles. The van der Waals surface area contributed by atoms with Crippen LogP contribution in [0.5, 0.6) is 0 Å². The number of thiophene rings is 1. The van der Waals surface area contributed by atoms with Gasteiger partial charge in [0.2, 0.25) is 0 Å². The molecule has 0 radical (unpaired) electrons. The zero-order chi connectivity index (χ0) is 43.6. The summed E-state index contributed by atoms with van der Waals surface area (Å²) in [7, 11) is 0. The van der Waals surface area contributed by atoms with Crippen LogP contribution in [0.2, 0.25) is 0 Å². The number of hydrogen-bond acceptors (Lipinski definition) is 3. The molecule has 0 saturated carbocycles. The fourth-order valence-corrected chi connectivity index (χ4v) is 12.8. The van der Waals surface area contributed by atoms with Crippen LogP contribution in [-0.4, -0.2) is 6.71 Å². The van der Waals surface area contributed by atoms with Gasteiger partial charge in [0, 0.05) is 43.3 Å². The van der Waals surface area contributed by atoms with Gasteiger partial charge in [-0.1, -0.05) is 127 Å². The smallest absolute Gasteiger partial charge is 0.264 e. The Labute approximate surface area is 371 Å². The summed E-state index contributed by atoms with van der Waals surface area (Å²) in [5.74, 6) is 0. The van der Waals surface area contributed by atoms with Gasteiger partial charge in [0.15, 0.2) is 0 Å². The zero-order valence-corrected chi connectivity index (χ0v) is 40.6. The minimum Gasteiger partial charge on any atom is -0.311 e. The number of rotatable bonds is 2. The summed E-state index contributed by atoms with van der Waals surface area (Å²) < 4.78 is 2.82. The number of hydrogen-bond donors (Lipinski definition) is 0. The van der Waals surface area contributed by atoms with Crippen LogP contribution in [0.4, 0.5) is 34.1 Å². The Hall–Kier alpha value is -4.28. The lowest BCUT2D eigenvalue weighted by Gasteiger charge is -2.47. The second-order valence-electron chi connectivity index (χ2n) is 24.1. The van der Waals surface area contributed by atoms with Crippen molar-refractivity contribution >= 4 is 78.0 Å². The Morgan fingerprint density at radius 1 is 0.508 bits per heavy atom. The van der Waals surface area contributed by atoms with E-state index < -0.39 is 0 Å². The molecule has 0 bridgehead atoms. The molecule has 2 aliphatic heterocycles. The molecule has 0 spiro atoms. The fraction of sp³-hybridized carbons (Fsp3) is 0.439. The summed E-state index contributed by atoms with van der Waals surface area (Å²) in [5, 5.41) is 1.36. The molecular weight excluding hydrogens is 756 g/mol. The van der Waals surface area contributed by atoms with Crippen LogP contribution < -0.4 is 25.5 Å². The summed E-state index contributed by atoms with van der Waals surface area (Å²) in [5.41, 5.74) is 21.4. The van der Waals surface area contributed by atoms with E-state index in [0.29, 0.717) is 0 Å². The van der Waals surface area contributed by atoms with Crippen molar-refractivity contribution in [3.05, 3.63) is 124 Å². The van der Waals surface area contributed by atoms with E-state index in [4.69, 9.17) is 0 Å². The van der Waals surface area contributed by atoms with E-state index in [0.717, 1.165) is 0 Å². The molecule has 314 valence electrons. The Morgan fingerprint density at radius 3 is 1.61 bits per heavy atom. The molecule has 61 heavy (non-hydrogen) atoms. The first-order valence-corrected chi connectivity index (χ1v) is 24.0. The van der Waals surface area contributed by atoms with Gasteiger partial charge in [-0.2, -0.15) is 0 Å². The van der Waals surface area contributed by atoms with E-state index >= 15 is 0 Å². The van der Waals surface area contributed by atoms with Crippen LogP contribution in [-0.2, 0) is 32.5 Å². The molecule has 10 rings (SSSR count). The molecule has 4 heteroatoms. The number of aryl methyl sites for hydroxylation is 1. The van der Waals surface area contributed by atoms with E-state index in [1.165, 1.54) is 125 Å². The van der Waals surface area contributed by atoms with Gasteiger partial charge in [-0.05, 0) is 170 Å². The van der Waals surface area contributed by atoms with Gasteiger partial charge in [-0.3, -0.25) is 0 Å². The van der Waals surface area contributed by atoms with Crippen LogP contribution >= 0.6 is 11.3 Å². The highest BCUT2D eigenvalue weighted by Crippen LogP contribution is 2.54. The van der Waals surface area contributed by atoms with Crippen molar-refractivity contribution in [2.45, 2.75) is 162 Å². The minimum absolute atomic E-state index is 0.0343. The first kappa shape index (κ1) is 40.8. The van der Waals surface area contributed by atoms with E-state index in [9.17, 15) is 0 Å². The highest BCUT2D eigenvalue weighted by Gasteiger charge is 2.48. The molecule has 1 aromatic heterocycles. The van der Waals surface area contributed by atoms with Crippen molar-refractivity contribution < 1.29 is 0 Å². The highest BCUT2D eigenvalue weighted by molar-refractivity contribution is 7.33. The Bertz CT molecular complexity index is 2800. The molecule has 0 amide bonds. The Morgan fingerprint density at radius 2 is 1.02 bits per heavy atom. The van der Waals surface area contributed by atoms with Gasteiger partial charge in [0.25, 0.3) is 6.71 Å². The van der Waals surface area contributed by atoms with Gasteiger partial charge in [-0.15, -0.1) is 11.3 Å². The number of benzene rings is 5. The summed E-state index contributed by atoms with van der Waals surface area (Å²) in [6.45, 7) is 36.2. The molecule has 0 saturated heterocycles. The normalized spacial score (nSPS) is 19.2. The number of fused-ring (bicyclic) bond motifs is 8. The van der Waals surface area contributed by atoms with E-state index in [1.807, 2.05) is 11.3 Å². The van der Waals surface area contributed by atoms with Crippen molar-refractivity contribution in [3.63, 3.8) is 0 Å². The van der Waals surface area contributed by atoms with Crippen LogP contribution in [0.1, 0.15) is 162 Å². The molecule has 0 atom stereocenters. The molecule has 2 aliphatic carbocycles. The summed E-state index contributed by atoms with van der Waals surface area (Å²) in [4.78, 5) is 5.35. The predicted molar refractivity (Wildman–Crippen MR) is 269 cm³/mol. The maximum Gasteiger partial charge on any atom is 0.264 e. The Kier molecular flexibility index (Phi) is 8.63. The number of nitrogens with zero attached hydrogens (tertiary/aromatic N) is 2. The SMILES string of the molecule is Cc1cc2c3c(c1)N(c1ccc(C(C)(C)C)cc1)c1c(sc4ccc(C(C)(C)C)cc14)B3c1cc3c(cc1N2c1ccc2c(c1)C(C)(C)CCC2(C)C)C(C)(C)CCC3(C)C. The summed E-state index contributed by atoms with van der Waals surface area (Å²) in [6.07, 6.45) is 4.79. The van der Waals surface area contributed by atoms with Crippen LogP contribution in [0, 0.1) is 6.92 Å². The average Bonchev–Trinajstić information content (AvgIpc) is 3.56. The second kappa shape index (κ2) is 12.9. The summed E-state index contributed by atoms with van der Waals surface area (Å²) in [6, 6.07) is 34.7. The predicted octanol–water partition coefficient (Wildman–Crippen LogP) is 14.6. The third-order valence-electron chi connectivity index (χ3n) is 15.7. The van der Waals surface area contributed by atoms with Crippen LogP contribution in [0.15, 0.2) is 84.9 Å². The van der Waals surface area contributed by atoms with Gasteiger partial charge in [0.05, 0.1) is 5.69 Å². The molecule has 6 aromatic rings. The third kappa shape index (κ3) is 6.15. The molecule has 2 nitrogen and oxygen atoms in total. The standard InChI is InChI=1S/C57H67BN2S/c1-34-28-46-49-47(29-34)60(37-19-16-35(17-20-37)52(2,3)4)50-39-30-36(53(5,6)7)18-23-48(39)61-51(50)58(49)44-32-42-43(57(14,15)27-26-56(42,12)13)33-45(44)59(46)38-21-22-40-41(31-38)55(10,11)25-24-54(40,8)9/h16-23,28-33H,24-27H2,1-15H3. The largest absolute Gasteiger partial charge is 0.311 e. The van der Waals surface area contributed by atoms with E-state index in [1.54, 1.807) is 0 Å². The topological polar surface area (TPSA) is 6.48 Å². The van der Waals surface area contributed by atoms with E-state index in [-0.39, 0.29) is 39.2 Å². The highest BCUT2D eigenvalue weighted by atomic mass is 32.1. The molecular formula is C57H67BN2S. The number of anilines is 6. The second-order valence-corrected chi connectivity index (χ2v) is 25.2. The van der Waals surface area contributed by atoms with Crippen molar-refractivity contribution in [2.24, 2.45) is 0 Å². The van der Waals surface area contributed by atoms with Crippen molar-refractivity contribution in [3.8, 4) is 0 Å². The first-order chi connectivity index (χ1) is 28.4. The van der Waals surface area contributed by atoms with Gasteiger partial charge >= 0.3 is 0 Å². The minimum atomic E-state index is 0.0343. The Balaban J connectivity index is 1.33. The van der Waals surface area contributed by atoms with Crippen molar-refractivity contribution in [1.29, 1.82) is 0 Å². The molecule has 4 aliphatic rings. The average molecular weight is 823 g/mol. The lowest BCUT2D eigenvalue weighted by atomic mass is 9.35. The summed E-state index contributed by atoms with van der Waals surface area (Å²) >= 11 is 2.02. The molecule has 3 heterocycles. The van der Waals surface area contributed by atoms with Gasteiger partial charge in [0.1, 0.15) is 0 Å². The molecule has 0 fully saturated rings. The van der Waals surface area contributed by atoms with E-state index in [2.05, 4.69) is 199 Å². The van der Waals surface area contributed by atoms with Crippen LogP contribution in [0.3, 0.4) is 0 Å². The lowest BCUT2D eigenvalue weighted by molar-refractivity contribution is 0.332. The van der Waals surface area contributed by atoms with Gasteiger partial charge < -0.3 is 9.80 Å². The zero-order valence-electron chi connectivity index (χ0n) is 39.8. The first-order valence-electron chi connectivity index (χ1n) is 23.1. The monoisotopic (exact) mass is 823 g/mol. The lowest BCUT2D eigenvalue weighted by Crippen LogP contribution is -2.61. The maximum atomic E-state index is 2.70. The fourth-order valence-electron chi connectivity index (χ4n) is 11.5. The van der Waals surface area contributed by atoms with Crippen molar-refractivity contribution in [1.82, 2.24) is 0 Å². The van der Waals surface area contributed by atoms with Gasteiger partial charge in [-0.25, -0.2) is 0 Å². The molecule has 0 unspecified atom stereocenters. The third-order valence-corrected chi connectivity index (χ3v) is 17.0. The maximum absolute atomic E-state index is 2.70.